The van der Waals surface area contributed by atoms with Gasteiger partial charge in [0.15, 0.2) is 0 Å². The van der Waals surface area contributed by atoms with Crippen molar-refractivity contribution in [1.29, 1.82) is 0 Å². The first-order chi connectivity index (χ1) is 9.29. The first-order valence-corrected chi connectivity index (χ1v) is 7.21. The van der Waals surface area contributed by atoms with Gasteiger partial charge in [0.25, 0.3) is 0 Å². The van der Waals surface area contributed by atoms with E-state index in [2.05, 4.69) is 11.8 Å². The molecule has 0 bridgehead atoms. The molecule has 19 heavy (non-hydrogen) atoms. The Bertz CT molecular complexity index is 388. The van der Waals surface area contributed by atoms with Crippen molar-refractivity contribution in [2.24, 2.45) is 0 Å². The maximum atomic E-state index is 10.5. The van der Waals surface area contributed by atoms with Crippen LogP contribution in [0.2, 0.25) is 0 Å². The molecule has 1 fully saturated rings. The number of aldehydes is 1. The van der Waals surface area contributed by atoms with E-state index in [9.17, 15) is 4.79 Å². The van der Waals surface area contributed by atoms with Crippen molar-refractivity contribution in [1.82, 2.24) is 4.90 Å². The van der Waals surface area contributed by atoms with E-state index in [0.717, 1.165) is 37.6 Å². The maximum absolute atomic E-state index is 10.5. The smallest absolute Gasteiger partial charge is 0.150 e. The molecule has 1 aromatic carbocycles. The topological polar surface area (TPSA) is 29.5 Å². The SMILES string of the molecule is C[C@@H]1CCCCN1CCCOc1ccc(C=O)cc1. The summed E-state index contributed by atoms with van der Waals surface area (Å²) in [5, 5.41) is 0. The number of likely N-dealkylation sites (tertiary alicyclic amines) is 1. The summed E-state index contributed by atoms with van der Waals surface area (Å²) >= 11 is 0. The fourth-order valence-corrected chi connectivity index (χ4v) is 2.59. The quantitative estimate of drug-likeness (QED) is 0.582. The van der Waals surface area contributed by atoms with Crippen LogP contribution in [0.15, 0.2) is 24.3 Å². The number of nitrogens with zero attached hydrogens (tertiary/aromatic N) is 1. The third kappa shape index (κ3) is 4.35. The van der Waals surface area contributed by atoms with Crippen LogP contribution < -0.4 is 4.74 Å². The van der Waals surface area contributed by atoms with Crippen molar-refractivity contribution < 1.29 is 9.53 Å². The molecule has 1 aromatic rings. The highest BCUT2D eigenvalue weighted by atomic mass is 16.5. The summed E-state index contributed by atoms with van der Waals surface area (Å²) in [5.41, 5.74) is 0.689. The van der Waals surface area contributed by atoms with Gasteiger partial charge in [-0.3, -0.25) is 4.79 Å². The number of piperidine rings is 1. The number of benzene rings is 1. The van der Waals surface area contributed by atoms with Crippen LogP contribution >= 0.6 is 0 Å². The molecule has 3 nitrogen and oxygen atoms in total. The Morgan fingerprint density at radius 3 is 2.79 bits per heavy atom. The van der Waals surface area contributed by atoms with Crippen LogP contribution in [-0.2, 0) is 0 Å². The molecule has 1 atom stereocenters. The number of hydrogen-bond acceptors (Lipinski definition) is 3. The van der Waals surface area contributed by atoms with E-state index in [1.54, 1.807) is 12.1 Å². The summed E-state index contributed by atoms with van der Waals surface area (Å²) in [5.74, 6) is 0.845. The fourth-order valence-electron chi connectivity index (χ4n) is 2.59. The Balaban J connectivity index is 1.66. The van der Waals surface area contributed by atoms with Crippen molar-refractivity contribution >= 4 is 6.29 Å². The lowest BCUT2D eigenvalue weighted by Gasteiger charge is -2.33. The lowest BCUT2D eigenvalue weighted by Crippen LogP contribution is -2.38. The molecule has 0 saturated carbocycles. The predicted octanol–water partition coefficient (Wildman–Crippen LogP) is 3.14. The minimum atomic E-state index is 0.689. The second-order valence-electron chi connectivity index (χ2n) is 5.27. The van der Waals surface area contributed by atoms with E-state index in [0.29, 0.717) is 5.56 Å². The number of carbonyl (C=O) groups excluding carboxylic acids is 1. The molecule has 0 aliphatic carbocycles. The van der Waals surface area contributed by atoms with E-state index in [4.69, 9.17) is 4.74 Å². The van der Waals surface area contributed by atoms with Gasteiger partial charge in [-0.2, -0.15) is 0 Å². The van der Waals surface area contributed by atoms with E-state index in [-0.39, 0.29) is 0 Å². The molecule has 0 N–H and O–H groups in total. The second kappa shape index (κ2) is 7.29. The zero-order valence-corrected chi connectivity index (χ0v) is 11.7. The van der Waals surface area contributed by atoms with Gasteiger partial charge in [0.05, 0.1) is 6.61 Å². The van der Waals surface area contributed by atoms with Crippen LogP contribution in [0.5, 0.6) is 5.75 Å². The average Bonchev–Trinajstić information content (AvgIpc) is 2.46. The zero-order valence-electron chi connectivity index (χ0n) is 11.7. The van der Waals surface area contributed by atoms with Gasteiger partial charge >= 0.3 is 0 Å². The summed E-state index contributed by atoms with van der Waals surface area (Å²) < 4.78 is 5.69. The summed E-state index contributed by atoms with van der Waals surface area (Å²) in [6.07, 6.45) is 5.94. The number of rotatable bonds is 6. The van der Waals surface area contributed by atoms with Gasteiger partial charge in [-0.25, -0.2) is 0 Å². The molecule has 0 spiro atoms. The fraction of sp³-hybridized carbons (Fsp3) is 0.562. The Morgan fingerprint density at radius 1 is 1.32 bits per heavy atom. The van der Waals surface area contributed by atoms with Gasteiger partial charge in [0, 0.05) is 18.2 Å². The summed E-state index contributed by atoms with van der Waals surface area (Å²) in [7, 11) is 0. The second-order valence-corrected chi connectivity index (χ2v) is 5.27. The van der Waals surface area contributed by atoms with Crippen LogP contribution in [0.1, 0.15) is 43.0 Å². The molecule has 1 aliphatic heterocycles. The van der Waals surface area contributed by atoms with Crippen molar-refractivity contribution in [3.8, 4) is 5.75 Å². The molecular formula is C16H23NO2. The van der Waals surface area contributed by atoms with Gasteiger partial charge in [-0.05, 0) is 57.0 Å². The third-order valence-electron chi connectivity index (χ3n) is 3.82. The number of carbonyl (C=O) groups is 1. The lowest BCUT2D eigenvalue weighted by atomic mass is 10.0. The molecule has 0 amide bonds. The molecule has 1 heterocycles. The molecule has 0 aromatic heterocycles. The van der Waals surface area contributed by atoms with Crippen LogP contribution in [0, 0.1) is 0 Å². The molecule has 0 unspecified atom stereocenters. The Hall–Kier alpha value is -1.35. The first kappa shape index (κ1) is 14.1. The van der Waals surface area contributed by atoms with Crippen LogP contribution in [-0.4, -0.2) is 36.9 Å². The lowest BCUT2D eigenvalue weighted by molar-refractivity contribution is 0.112. The largest absolute Gasteiger partial charge is 0.494 e. The summed E-state index contributed by atoms with van der Waals surface area (Å²) in [4.78, 5) is 13.1. The van der Waals surface area contributed by atoms with E-state index in [1.807, 2.05) is 12.1 Å². The first-order valence-electron chi connectivity index (χ1n) is 7.21. The minimum Gasteiger partial charge on any atom is -0.494 e. The summed E-state index contributed by atoms with van der Waals surface area (Å²) in [6, 6.07) is 8.01. The molecule has 3 heteroatoms. The summed E-state index contributed by atoms with van der Waals surface area (Å²) in [6.45, 7) is 5.41. The molecular weight excluding hydrogens is 238 g/mol. The number of ether oxygens (including phenoxy) is 1. The van der Waals surface area contributed by atoms with Crippen molar-refractivity contribution in [3.05, 3.63) is 29.8 Å². The Labute approximate surface area is 115 Å². The van der Waals surface area contributed by atoms with Crippen molar-refractivity contribution in [2.75, 3.05) is 19.7 Å². The average molecular weight is 261 g/mol. The maximum Gasteiger partial charge on any atom is 0.150 e. The van der Waals surface area contributed by atoms with E-state index >= 15 is 0 Å². The van der Waals surface area contributed by atoms with Crippen LogP contribution in [0.25, 0.3) is 0 Å². The van der Waals surface area contributed by atoms with Gasteiger partial charge in [0.2, 0.25) is 0 Å². The van der Waals surface area contributed by atoms with Gasteiger partial charge in [-0.15, -0.1) is 0 Å². The monoisotopic (exact) mass is 261 g/mol. The van der Waals surface area contributed by atoms with Crippen LogP contribution in [0.4, 0.5) is 0 Å². The van der Waals surface area contributed by atoms with Crippen molar-refractivity contribution in [3.63, 3.8) is 0 Å². The highest BCUT2D eigenvalue weighted by Crippen LogP contribution is 2.16. The van der Waals surface area contributed by atoms with Crippen LogP contribution in [0.3, 0.4) is 0 Å². The molecule has 2 rings (SSSR count). The highest BCUT2D eigenvalue weighted by Gasteiger charge is 2.17. The van der Waals surface area contributed by atoms with Crippen molar-refractivity contribution in [2.45, 2.75) is 38.6 Å². The van der Waals surface area contributed by atoms with E-state index in [1.165, 1.54) is 25.8 Å². The predicted molar refractivity (Wildman–Crippen MR) is 76.8 cm³/mol. The van der Waals surface area contributed by atoms with Gasteiger partial charge in [-0.1, -0.05) is 6.42 Å². The molecule has 104 valence electrons. The molecule has 0 radical (unpaired) electrons. The Morgan fingerprint density at radius 2 is 2.11 bits per heavy atom. The standard InChI is InChI=1S/C16H23NO2/c1-14-5-2-3-10-17(14)11-4-12-19-16-8-6-15(13-18)7-9-16/h6-9,13-14H,2-5,10-12H2,1H3/t14-/m1/s1. The van der Waals surface area contributed by atoms with Gasteiger partial charge in [0.1, 0.15) is 12.0 Å². The zero-order chi connectivity index (χ0) is 13.5. The highest BCUT2D eigenvalue weighted by molar-refractivity contribution is 5.74. The molecule has 1 aliphatic rings. The normalized spacial score (nSPS) is 20.2. The molecule has 1 saturated heterocycles. The number of hydrogen-bond donors (Lipinski definition) is 0. The Kier molecular flexibility index (Phi) is 5.40. The van der Waals surface area contributed by atoms with E-state index < -0.39 is 0 Å². The van der Waals surface area contributed by atoms with Gasteiger partial charge < -0.3 is 9.64 Å². The minimum absolute atomic E-state index is 0.689. The third-order valence-corrected chi connectivity index (χ3v) is 3.82.